The van der Waals surface area contributed by atoms with Crippen molar-refractivity contribution in [2.45, 2.75) is 13.3 Å². The number of nitrogens with zero attached hydrogens (tertiary/aromatic N) is 6. The number of aromatic nitrogens is 7. The van der Waals surface area contributed by atoms with E-state index in [4.69, 9.17) is 5.73 Å². The third kappa shape index (κ3) is 2.16. The normalized spacial score (nSPS) is 11.2. The Kier molecular flexibility index (Phi) is 2.93. The topological polar surface area (TPSA) is 136 Å². The Morgan fingerprint density at radius 2 is 2.22 bits per heavy atom. The van der Waals surface area contributed by atoms with Crippen LogP contribution in [0.25, 0.3) is 17.0 Å². The summed E-state index contributed by atoms with van der Waals surface area (Å²) in [6.45, 7) is 2.03. The van der Waals surface area contributed by atoms with Gasteiger partial charge in [0.15, 0.2) is 17.2 Å². The fraction of sp³-hybridized carbons (Fsp3) is 0.154. The summed E-state index contributed by atoms with van der Waals surface area (Å²) in [5.41, 5.74) is 8.50. The van der Waals surface area contributed by atoms with Crippen LogP contribution in [-0.2, 0) is 6.42 Å². The first-order chi connectivity index (χ1) is 11.3. The first-order valence-electron chi connectivity index (χ1n) is 6.97. The van der Waals surface area contributed by atoms with E-state index in [0.717, 1.165) is 17.9 Å². The Hall–Kier alpha value is -3.43. The predicted octanol–water partition coefficient (Wildman–Crippen LogP) is 1.39. The van der Waals surface area contributed by atoms with Crippen LogP contribution in [-0.4, -0.2) is 34.6 Å². The summed E-state index contributed by atoms with van der Waals surface area (Å²) in [4.78, 5) is 15.8. The minimum Gasteiger partial charge on any atom is -0.379 e. The van der Waals surface area contributed by atoms with Gasteiger partial charge in [-0.25, -0.2) is 19.6 Å². The summed E-state index contributed by atoms with van der Waals surface area (Å²) in [7, 11) is 0. The van der Waals surface area contributed by atoms with Crippen LogP contribution >= 0.6 is 0 Å². The van der Waals surface area contributed by atoms with Gasteiger partial charge in [0.2, 0.25) is 0 Å². The average Bonchev–Trinajstić information content (AvgIpc) is 3.26. The SMILES string of the molecule is CCc1c(-c2nonc2N)nc2cnc(Nc3cnc[nH]3)cn12. The number of H-pyrrole nitrogens is 1. The molecule has 0 aliphatic heterocycles. The Morgan fingerprint density at radius 3 is 2.91 bits per heavy atom. The highest BCUT2D eigenvalue weighted by Gasteiger charge is 2.19. The number of rotatable bonds is 4. The molecular weight excluding hydrogens is 298 g/mol. The summed E-state index contributed by atoms with van der Waals surface area (Å²) in [5.74, 6) is 1.62. The van der Waals surface area contributed by atoms with Crippen molar-refractivity contribution in [1.29, 1.82) is 0 Å². The van der Waals surface area contributed by atoms with Crippen LogP contribution in [0, 0.1) is 0 Å². The third-order valence-corrected chi connectivity index (χ3v) is 3.44. The summed E-state index contributed by atoms with van der Waals surface area (Å²) in [6, 6.07) is 0. The van der Waals surface area contributed by atoms with Crippen LogP contribution < -0.4 is 11.1 Å². The molecule has 0 fully saturated rings. The van der Waals surface area contributed by atoms with Gasteiger partial charge in [0.05, 0.1) is 30.6 Å². The minimum absolute atomic E-state index is 0.215. The van der Waals surface area contributed by atoms with Crippen molar-refractivity contribution in [3.8, 4) is 11.4 Å². The molecule has 0 unspecified atom stereocenters. The molecule has 4 aromatic rings. The van der Waals surface area contributed by atoms with Crippen LogP contribution in [0.4, 0.5) is 17.5 Å². The van der Waals surface area contributed by atoms with E-state index in [1.54, 1.807) is 18.7 Å². The second-order valence-electron chi connectivity index (χ2n) is 4.85. The Balaban J connectivity index is 1.83. The monoisotopic (exact) mass is 311 g/mol. The zero-order valence-electron chi connectivity index (χ0n) is 12.2. The summed E-state index contributed by atoms with van der Waals surface area (Å²) in [6.07, 6.45) is 7.53. The maximum absolute atomic E-state index is 5.78. The molecule has 0 aliphatic carbocycles. The van der Waals surface area contributed by atoms with Gasteiger partial charge in [-0.3, -0.25) is 4.40 Å². The second-order valence-corrected chi connectivity index (χ2v) is 4.85. The predicted molar refractivity (Wildman–Crippen MR) is 81.9 cm³/mol. The van der Waals surface area contributed by atoms with Gasteiger partial charge in [-0.1, -0.05) is 6.92 Å². The number of aromatic amines is 1. The van der Waals surface area contributed by atoms with Gasteiger partial charge in [0.25, 0.3) is 0 Å². The second kappa shape index (κ2) is 5.09. The molecule has 4 aromatic heterocycles. The summed E-state index contributed by atoms with van der Waals surface area (Å²) < 4.78 is 6.62. The molecular formula is C13H13N9O. The van der Waals surface area contributed by atoms with E-state index >= 15 is 0 Å². The molecule has 0 saturated carbocycles. The number of aryl methyl sites for hydroxylation is 1. The molecule has 0 bridgehead atoms. The Labute approximate surface area is 129 Å². The molecule has 0 spiro atoms. The van der Waals surface area contributed by atoms with Crippen LogP contribution in [0.15, 0.2) is 29.5 Å². The number of nitrogens with two attached hydrogens (primary N) is 1. The molecule has 0 atom stereocenters. The standard InChI is InChI=1S/C13H13N9O/c1-2-7-11(12-13(14)21-23-20-12)19-10-4-16-9(5-22(7)10)18-8-3-15-6-17-8/h3-6,18H,2H2,1H3,(H2,14,21)(H,15,17). The lowest BCUT2D eigenvalue weighted by molar-refractivity contribution is 0.310. The molecule has 0 aliphatic rings. The Morgan fingerprint density at radius 1 is 1.30 bits per heavy atom. The fourth-order valence-corrected chi connectivity index (χ4v) is 2.42. The van der Waals surface area contributed by atoms with E-state index in [0.29, 0.717) is 22.9 Å². The van der Waals surface area contributed by atoms with Gasteiger partial charge in [0, 0.05) is 0 Å². The van der Waals surface area contributed by atoms with Crippen LogP contribution in [0.3, 0.4) is 0 Å². The number of nitrogens with one attached hydrogen (secondary N) is 2. The first kappa shape index (κ1) is 13.2. The van der Waals surface area contributed by atoms with Crippen molar-refractivity contribution in [2.75, 3.05) is 11.1 Å². The lowest BCUT2D eigenvalue weighted by atomic mass is 10.2. The van der Waals surface area contributed by atoms with E-state index in [9.17, 15) is 0 Å². The zero-order valence-corrected chi connectivity index (χ0v) is 12.2. The highest BCUT2D eigenvalue weighted by atomic mass is 16.6. The number of imidazole rings is 2. The van der Waals surface area contributed by atoms with Gasteiger partial charge in [-0.05, 0) is 16.7 Å². The molecule has 0 saturated heterocycles. The molecule has 4 N–H and O–H groups in total. The number of hydrogen-bond donors (Lipinski definition) is 3. The molecule has 0 aromatic carbocycles. The van der Waals surface area contributed by atoms with Crippen molar-refractivity contribution in [3.05, 3.63) is 30.6 Å². The van der Waals surface area contributed by atoms with Crippen LogP contribution in [0.1, 0.15) is 12.6 Å². The van der Waals surface area contributed by atoms with Gasteiger partial charge >= 0.3 is 0 Å². The fourth-order valence-electron chi connectivity index (χ4n) is 2.42. The number of hydrogen-bond acceptors (Lipinski definition) is 8. The summed E-state index contributed by atoms with van der Waals surface area (Å²) in [5, 5.41) is 10.6. The van der Waals surface area contributed by atoms with Crippen molar-refractivity contribution in [3.63, 3.8) is 0 Å². The van der Waals surface area contributed by atoms with E-state index in [1.165, 1.54) is 0 Å². The van der Waals surface area contributed by atoms with Gasteiger partial charge in [0.1, 0.15) is 17.3 Å². The molecule has 0 amide bonds. The van der Waals surface area contributed by atoms with E-state index < -0.39 is 0 Å². The van der Waals surface area contributed by atoms with Crippen molar-refractivity contribution in [2.24, 2.45) is 0 Å². The van der Waals surface area contributed by atoms with Gasteiger partial charge in [-0.15, -0.1) is 0 Å². The average molecular weight is 311 g/mol. The third-order valence-electron chi connectivity index (χ3n) is 3.44. The molecule has 10 nitrogen and oxygen atoms in total. The van der Waals surface area contributed by atoms with Crippen LogP contribution in [0.5, 0.6) is 0 Å². The Bertz CT molecular complexity index is 953. The maximum atomic E-state index is 5.78. The van der Waals surface area contributed by atoms with Crippen molar-refractivity contribution >= 4 is 23.1 Å². The molecule has 10 heteroatoms. The quantitative estimate of drug-likeness (QED) is 0.514. The van der Waals surface area contributed by atoms with E-state index in [-0.39, 0.29) is 5.82 Å². The largest absolute Gasteiger partial charge is 0.379 e. The van der Waals surface area contributed by atoms with E-state index in [2.05, 4.69) is 40.2 Å². The van der Waals surface area contributed by atoms with Crippen LogP contribution in [0.2, 0.25) is 0 Å². The summed E-state index contributed by atoms with van der Waals surface area (Å²) >= 11 is 0. The molecule has 4 rings (SSSR count). The lowest BCUT2D eigenvalue weighted by Gasteiger charge is -2.05. The number of nitrogen functional groups attached to an aromatic ring is 1. The smallest absolute Gasteiger partial charge is 0.198 e. The first-order valence-corrected chi connectivity index (χ1v) is 6.97. The van der Waals surface area contributed by atoms with Gasteiger partial charge in [-0.2, -0.15) is 0 Å². The molecule has 116 valence electrons. The minimum atomic E-state index is 0.215. The van der Waals surface area contributed by atoms with Crippen molar-refractivity contribution < 1.29 is 4.63 Å². The molecule has 4 heterocycles. The molecule has 23 heavy (non-hydrogen) atoms. The zero-order chi connectivity index (χ0) is 15.8. The number of anilines is 3. The molecule has 0 radical (unpaired) electrons. The van der Waals surface area contributed by atoms with Crippen molar-refractivity contribution in [1.82, 2.24) is 34.6 Å². The highest BCUT2D eigenvalue weighted by Crippen LogP contribution is 2.27. The number of fused-ring (bicyclic) bond motifs is 1. The van der Waals surface area contributed by atoms with E-state index in [1.807, 2.05) is 17.5 Å². The maximum Gasteiger partial charge on any atom is 0.198 e. The lowest BCUT2D eigenvalue weighted by Crippen LogP contribution is -1.99. The van der Waals surface area contributed by atoms with Gasteiger partial charge < -0.3 is 16.0 Å². The highest BCUT2D eigenvalue weighted by molar-refractivity contribution is 5.71.